The SMILES string of the molecule is CC(Cc1c[nH]c2ccc(F)cc12)NC(=O)N1C[C@@H]2C(CF)[C@@H]2C1. The third-order valence-electron chi connectivity index (χ3n) is 5.46. The zero-order valence-electron chi connectivity index (χ0n) is 13.6. The van der Waals surface area contributed by atoms with E-state index in [2.05, 4.69) is 10.3 Å². The average Bonchev–Trinajstić information content (AvgIpc) is 2.87. The van der Waals surface area contributed by atoms with Crippen LogP contribution in [0.1, 0.15) is 12.5 Å². The Labute approximate surface area is 139 Å². The van der Waals surface area contributed by atoms with E-state index in [4.69, 9.17) is 0 Å². The topological polar surface area (TPSA) is 48.1 Å². The molecule has 24 heavy (non-hydrogen) atoms. The standard InChI is InChI=1S/C18H21F2N3O/c1-10(4-11-7-21-17-3-2-12(20)5-13(11)17)22-18(24)23-8-15-14(6-19)16(15)9-23/h2-3,5,7,10,14-16,21H,4,6,8-9H2,1H3,(H,22,24)/t10?,14?,15-,16+. The fourth-order valence-electron chi connectivity index (χ4n) is 4.05. The average molecular weight is 333 g/mol. The van der Waals surface area contributed by atoms with Gasteiger partial charge in [-0.1, -0.05) is 0 Å². The van der Waals surface area contributed by atoms with Crippen molar-refractivity contribution in [2.45, 2.75) is 19.4 Å². The van der Waals surface area contributed by atoms with Gasteiger partial charge in [0.25, 0.3) is 0 Å². The summed E-state index contributed by atoms with van der Waals surface area (Å²) in [5.41, 5.74) is 1.88. The van der Waals surface area contributed by atoms with Gasteiger partial charge in [0.05, 0.1) is 6.67 Å². The first-order valence-corrected chi connectivity index (χ1v) is 8.43. The van der Waals surface area contributed by atoms with E-state index in [0.717, 1.165) is 16.5 Å². The van der Waals surface area contributed by atoms with E-state index in [0.29, 0.717) is 31.3 Å². The molecule has 4 rings (SSSR count). The molecule has 1 saturated heterocycles. The highest BCUT2D eigenvalue weighted by Gasteiger charge is 2.56. The first kappa shape index (κ1) is 15.4. The number of nitrogens with one attached hydrogen (secondary N) is 2. The summed E-state index contributed by atoms with van der Waals surface area (Å²) < 4.78 is 26.1. The Morgan fingerprint density at radius 2 is 2.17 bits per heavy atom. The van der Waals surface area contributed by atoms with Crippen LogP contribution in [0.5, 0.6) is 0 Å². The van der Waals surface area contributed by atoms with E-state index in [1.807, 2.05) is 13.1 Å². The Balaban J connectivity index is 1.35. The van der Waals surface area contributed by atoms with Crippen LogP contribution in [0.15, 0.2) is 24.4 Å². The van der Waals surface area contributed by atoms with Crippen molar-refractivity contribution in [2.24, 2.45) is 17.8 Å². The lowest BCUT2D eigenvalue weighted by atomic mass is 10.1. The molecule has 2 heterocycles. The molecule has 4 nitrogen and oxygen atoms in total. The lowest BCUT2D eigenvalue weighted by molar-refractivity contribution is 0.195. The van der Waals surface area contributed by atoms with Gasteiger partial charge in [0.15, 0.2) is 0 Å². The van der Waals surface area contributed by atoms with E-state index < -0.39 is 0 Å². The summed E-state index contributed by atoms with van der Waals surface area (Å²) in [7, 11) is 0. The highest BCUT2D eigenvalue weighted by Crippen LogP contribution is 2.51. The Kier molecular flexibility index (Phi) is 3.70. The number of hydrogen-bond donors (Lipinski definition) is 2. The molecule has 0 radical (unpaired) electrons. The predicted molar refractivity (Wildman–Crippen MR) is 88.0 cm³/mol. The molecule has 128 valence electrons. The van der Waals surface area contributed by atoms with Crippen molar-refractivity contribution >= 4 is 16.9 Å². The molecular weight excluding hydrogens is 312 g/mol. The normalized spacial score (nSPS) is 26.5. The monoisotopic (exact) mass is 333 g/mol. The summed E-state index contributed by atoms with van der Waals surface area (Å²) in [5, 5.41) is 3.85. The smallest absolute Gasteiger partial charge is 0.317 e. The number of halogens is 2. The number of hydrogen-bond acceptors (Lipinski definition) is 1. The maximum Gasteiger partial charge on any atom is 0.317 e. The van der Waals surface area contributed by atoms with Crippen LogP contribution in [0.2, 0.25) is 0 Å². The lowest BCUT2D eigenvalue weighted by Gasteiger charge is -2.23. The fraction of sp³-hybridized carbons (Fsp3) is 0.500. The molecule has 1 saturated carbocycles. The Morgan fingerprint density at radius 3 is 2.88 bits per heavy atom. The largest absolute Gasteiger partial charge is 0.361 e. The lowest BCUT2D eigenvalue weighted by Crippen LogP contribution is -2.44. The minimum Gasteiger partial charge on any atom is -0.361 e. The maximum absolute atomic E-state index is 13.4. The van der Waals surface area contributed by atoms with Crippen molar-refractivity contribution in [2.75, 3.05) is 19.8 Å². The number of aromatic amines is 1. The van der Waals surface area contributed by atoms with Gasteiger partial charge in [0.2, 0.25) is 0 Å². The van der Waals surface area contributed by atoms with E-state index in [-0.39, 0.29) is 30.5 Å². The molecule has 6 heteroatoms. The van der Waals surface area contributed by atoms with Crippen molar-refractivity contribution in [1.29, 1.82) is 0 Å². The number of aromatic nitrogens is 1. The van der Waals surface area contributed by atoms with Gasteiger partial charge in [-0.05, 0) is 54.9 Å². The number of fused-ring (bicyclic) bond motifs is 2. The van der Waals surface area contributed by atoms with Crippen LogP contribution in [-0.2, 0) is 6.42 Å². The van der Waals surface area contributed by atoms with Crippen molar-refractivity contribution in [3.8, 4) is 0 Å². The zero-order chi connectivity index (χ0) is 16.8. The molecule has 2 amide bonds. The van der Waals surface area contributed by atoms with Crippen molar-refractivity contribution in [1.82, 2.24) is 15.2 Å². The second-order valence-corrected chi connectivity index (χ2v) is 7.11. The number of H-pyrrole nitrogens is 1. The summed E-state index contributed by atoms with van der Waals surface area (Å²) in [6, 6.07) is 4.51. The van der Waals surface area contributed by atoms with Crippen LogP contribution in [-0.4, -0.2) is 41.7 Å². The van der Waals surface area contributed by atoms with E-state index >= 15 is 0 Å². The molecule has 1 aliphatic carbocycles. The van der Waals surface area contributed by atoms with Gasteiger partial charge in [-0.25, -0.2) is 9.18 Å². The number of likely N-dealkylation sites (tertiary alicyclic amines) is 1. The van der Waals surface area contributed by atoms with Gasteiger partial charge < -0.3 is 15.2 Å². The molecule has 2 N–H and O–H groups in total. The minimum atomic E-state index is -0.266. The molecule has 0 spiro atoms. The number of carbonyl (C=O) groups is 1. The minimum absolute atomic E-state index is 0.0614. The van der Waals surface area contributed by atoms with E-state index in [9.17, 15) is 13.6 Å². The Bertz CT molecular complexity index is 763. The highest BCUT2D eigenvalue weighted by molar-refractivity contribution is 5.83. The number of carbonyl (C=O) groups excluding carboxylic acids is 1. The van der Waals surface area contributed by atoms with Gasteiger partial charge in [0.1, 0.15) is 5.82 Å². The number of alkyl halides is 1. The van der Waals surface area contributed by atoms with Gasteiger partial charge in [0, 0.05) is 36.2 Å². The predicted octanol–water partition coefficient (Wildman–Crippen LogP) is 3.09. The van der Waals surface area contributed by atoms with Crippen molar-refractivity contribution in [3.63, 3.8) is 0 Å². The number of piperidine rings is 1. The zero-order valence-corrected chi connectivity index (χ0v) is 13.6. The number of amides is 2. The fourth-order valence-corrected chi connectivity index (χ4v) is 4.05. The molecule has 2 aromatic rings. The molecule has 4 atom stereocenters. The third-order valence-corrected chi connectivity index (χ3v) is 5.46. The van der Waals surface area contributed by atoms with E-state index in [1.165, 1.54) is 12.1 Å². The maximum atomic E-state index is 13.4. The molecule has 0 bridgehead atoms. The van der Waals surface area contributed by atoms with Crippen LogP contribution >= 0.6 is 0 Å². The molecule has 1 aliphatic heterocycles. The Hall–Kier alpha value is -2.11. The third kappa shape index (κ3) is 2.64. The second-order valence-electron chi connectivity index (χ2n) is 7.11. The van der Waals surface area contributed by atoms with Gasteiger partial charge in [-0.15, -0.1) is 0 Å². The van der Waals surface area contributed by atoms with Crippen LogP contribution in [0.25, 0.3) is 10.9 Å². The molecular formula is C18H21F2N3O. The first-order valence-electron chi connectivity index (χ1n) is 8.43. The number of benzene rings is 1. The number of urea groups is 1. The summed E-state index contributed by atoms with van der Waals surface area (Å²) >= 11 is 0. The molecule has 1 aromatic heterocycles. The van der Waals surface area contributed by atoms with Crippen LogP contribution in [0.4, 0.5) is 13.6 Å². The molecule has 2 unspecified atom stereocenters. The quantitative estimate of drug-likeness (QED) is 0.887. The molecule has 2 aliphatic rings. The van der Waals surface area contributed by atoms with Gasteiger partial charge in [-0.2, -0.15) is 0 Å². The molecule has 2 fully saturated rings. The van der Waals surface area contributed by atoms with Crippen LogP contribution in [0, 0.1) is 23.6 Å². The van der Waals surface area contributed by atoms with Crippen molar-refractivity contribution in [3.05, 3.63) is 35.8 Å². The summed E-state index contributed by atoms with van der Waals surface area (Å²) in [6.45, 7) is 3.00. The summed E-state index contributed by atoms with van der Waals surface area (Å²) in [4.78, 5) is 17.2. The van der Waals surface area contributed by atoms with Gasteiger partial charge >= 0.3 is 6.03 Å². The summed E-state index contributed by atoms with van der Waals surface area (Å²) in [5.74, 6) is 0.617. The van der Waals surface area contributed by atoms with Crippen molar-refractivity contribution < 1.29 is 13.6 Å². The number of nitrogens with zero attached hydrogens (tertiary/aromatic N) is 1. The highest BCUT2D eigenvalue weighted by atomic mass is 19.1. The van der Waals surface area contributed by atoms with E-state index in [1.54, 1.807) is 11.0 Å². The second kappa shape index (κ2) is 5.76. The first-order chi connectivity index (χ1) is 11.6. The van der Waals surface area contributed by atoms with Crippen LogP contribution < -0.4 is 5.32 Å². The molecule has 1 aromatic carbocycles. The van der Waals surface area contributed by atoms with Gasteiger partial charge in [-0.3, -0.25) is 4.39 Å². The Morgan fingerprint density at radius 1 is 1.42 bits per heavy atom. The van der Waals surface area contributed by atoms with Crippen LogP contribution in [0.3, 0.4) is 0 Å². The number of rotatable bonds is 4. The summed E-state index contributed by atoms with van der Waals surface area (Å²) in [6.07, 6.45) is 2.49.